The van der Waals surface area contributed by atoms with Crippen LogP contribution in [-0.2, 0) is 0 Å². The standard InChI is InChI=1S/C10H4ClFO4/c11-6-3-8-4(2-7(6)12)1-5(9(13)14)10(15)16-8/h1-3H,(H,13,14). The number of carbonyl (C=O) groups is 1. The van der Waals surface area contributed by atoms with E-state index in [0.717, 1.165) is 18.2 Å². The first-order valence-corrected chi connectivity index (χ1v) is 4.53. The van der Waals surface area contributed by atoms with Gasteiger partial charge in [-0.1, -0.05) is 11.6 Å². The zero-order chi connectivity index (χ0) is 11.9. The van der Waals surface area contributed by atoms with Crippen molar-refractivity contribution >= 4 is 28.5 Å². The third-order valence-corrected chi connectivity index (χ3v) is 2.30. The van der Waals surface area contributed by atoms with Gasteiger partial charge in [-0.2, -0.15) is 0 Å². The van der Waals surface area contributed by atoms with Gasteiger partial charge in [-0.15, -0.1) is 0 Å². The number of carboxylic acid groups (broad SMARTS) is 1. The Morgan fingerprint density at radius 3 is 2.69 bits per heavy atom. The SMILES string of the molecule is O=C(O)c1cc2cc(F)c(Cl)cc2oc1=O. The van der Waals surface area contributed by atoms with E-state index < -0.39 is 23.0 Å². The summed E-state index contributed by atoms with van der Waals surface area (Å²) in [6.07, 6.45) is 0. The van der Waals surface area contributed by atoms with Crippen LogP contribution in [0.3, 0.4) is 0 Å². The Bertz CT molecular complexity index is 647. The second-order valence-electron chi connectivity index (χ2n) is 3.06. The van der Waals surface area contributed by atoms with Gasteiger partial charge in [0.1, 0.15) is 17.0 Å². The van der Waals surface area contributed by atoms with Crippen molar-refractivity contribution < 1.29 is 18.7 Å². The Hall–Kier alpha value is -1.88. The largest absolute Gasteiger partial charge is 0.477 e. The molecular weight excluding hydrogens is 239 g/mol. The number of hydrogen-bond acceptors (Lipinski definition) is 3. The summed E-state index contributed by atoms with van der Waals surface area (Å²) in [5, 5.41) is 8.64. The molecule has 0 atom stereocenters. The molecule has 6 heteroatoms. The van der Waals surface area contributed by atoms with Crippen LogP contribution in [-0.4, -0.2) is 11.1 Å². The average molecular weight is 243 g/mol. The summed E-state index contributed by atoms with van der Waals surface area (Å²) in [5.41, 5.74) is -1.50. The van der Waals surface area contributed by atoms with Crippen molar-refractivity contribution in [1.82, 2.24) is 0 Å². The Morgan fingerprint density at radius 2 is 2.06 bits per heavy atom. The molecule has 2 rings (SSSR count). The maximum absolute atomic E-state index is 13.1. The van der Waals surface area contributed by atoms with E-state index >= 15 is 0 Å². The van der Waals surface area contributed by atoms with E-state index in [2.05, 4.69) is 0 Å². The molecule has 1 aromatic heterocycles. The van der Waals surface area contributed by atoms with Gasteiger partial charge in [0.05, 0.1) is 5.02 Å². The summed E-state index contributed by atoms with van der Waals surface area (Å²) in [5.74, 6) is -2.13. The molecule has 0 spiro atoms. The molecule has 0 unspecified atom stereocenters. The molecule has 0 radical (unpaired) electrons. The minimum absolute atomic E-state index is 0.0430. The van der Waals surface area contributed by atoms with Gasteiger partial charge >= 0.3 is 11.6 Å². The van der Waals surface area contributed by atoms with Crippen molar-refractivity contribution in [2.24, 2.45) is 0 Å². The van der Waals surface area contributed by atoms with Gasteiger partial charge in [0.2, 0.25) is 0 Å². The van der Waals surface area contributed by atoms with Gasteiger partial charge in [-0.3, -0.25) is 0 Å². The molecule has 0 saturated heterocycles. The highest BCUT2D eigenvalue weighted by molar-refractivity contribution is 6.31. The van der Waals surface area contributed by atoms with Crippen LogP contribution >= 0.6 is 11.6 Å². The second-order valence-corrected chi connectivity index (χ2v) is 3.46. The van der Waals surface area contributed by atoms with Crippen molar-refractivity contribution in [3.8, 4) is 0 Å². The van der Waals surface area contributed by atoms with Gasteiger partial charge in [0.25, 0.3) is 0 Å². The summed E-state index contributed by atoms with van der Waals surface area (Å²) in [6, 6.07) is 3.18. The van der Waals surface area contributed by atoms with Gasteiger partial charge in [-0.05, 0) is 12.1 Å². The summed E-state index contributed by atoms with van der Waals surface area (Å²) in [6.45, 7) is 0. The lowest BCUT2D eigenvalue weighted by molar-refractivity contribution is 0.0692. The van der Waals surface area contributed by atoms with E-state index in [0.29, 0.717) is 0 Å². The minimum atomic E-state index is -1.42. The molecule has 0 bridgehead atoms. The van der Waals surface area contributed by atoms with Crippen molar-refractivity contribution in [2.75, 3.05) is 0 Å². The van der Waals surface area contributed by atoms with Gasteiger partial charge < -0.3 is 9.52 Å². The zero-order valence-electron chi connectivity index (χ0n) is 7.66. The molecule has 1 aromatic carbocycles. The summed E-state index contributed by atoms with van der Waals surface area (Å²) in [4.78, 5) is 21.8. The predicted molar refractivity (Wildman–Crippen MR) is 54.4 cm³/mol. The summed E-state index contributed by atoms with van der Waals surface area (Å²) < 4.78 is 17.8. The smallest absolute Gasteiger partial charge is 0.351 e. The van der Waals surface area contributed by atoms with Crippen LogP contribution in [0, 0.1) is 5.82 Å². The molecule has 0 fully saturated rings. The summed E-state index contributed by atoms with van der Waals surface area (Å²) in [7, 11) is 0. The van der Waals surface area contributed by atoms with Crippen LogP contribution in [0.25, 0.3) is 11.0 Å². The average Bonchev–Trinajstić information content (AvgIpc) is 2.19. The van der Waals surface area contributed by atoms with Crippen molar-refractivity contribution in [3.63, 3.8) is 0 Å². The normalized spacial score (nSPS) is 10.6. The fourth-order valence-electron chi connectivity index (χ4n) is 1.26. The van der Waals surface area contributed by atoms with Crippen LogP contribution < -0.4 is 5.63 Å². The van der Waals surface area contributed by atoms with Crippen LogP contribution in [0.2, 0.25) is 5.02 Å². The van der Waals surface area contributed by atoms with Gasteiger partial charge in [0, 0.05) is 11.5 Å². The summed E-state index contributed by atoms with van der Waals surface area (Å²) >= 11 is 5.49. The monoisotopic (exact) mass is 242 g/mol. The molecule has 0 aliphatic rings. The lowest BCUT2D eigenvalue weighted by Crippen LogP contribution is -2.12. The lowest BCUT2D eigenvalue weighted by Gasteiger charge is -2.00. The fourth-order valence-corrected chi connectivity index (χ4v) is 1.42. The minimum Gasteiger partial charge on any atom is -0.477 e. The molecule has 0 saturated carbocycles. The van der Waals surface area contributed by atoms with Gasteiger partial charge in [0.15, 0.2) is 0 Å². The molecule has 2 aromatic rings. The number of aromatic carboxylic acids is 1. The number of rotatable bonds is 1. The first kappa shape index (κ1) is 10.6. The molecule has 1 heterocycles. The first-order chi connectivity index (χ1) is 7.49. The molecule has 4 nitrogen and oxygen atoms in total. The first-order valence-electron chi connectivity index (χ1n) is 4.15. The molecule has 82 valence electrons. The van der Waals surface area contributed by atoms with Crippen LogP contribution in [0.4, 0.5) is 4.39 Å². The second kappa shape index (κ2) is 3.61. The van der Waals surface area contributed by atoms with Gasteiger partial charge in [-0.25, -0.2) is 14.0 Å². The van der Waals surface area contributed by atoms with E-state index in [-0.39, 0.29) is 16.0 Å². The molecular formula is C10H4ClFO4. The number of carboxylic acids is 1. The van der Waals surface area contributed by atoms with Crippen molar-refractivity contribution in [1.29, 1.82) is 0 Å². The van der Waals surface area contributed by atoms with Crippen LogP contribution in [0.15, 0.2) is 27.4 Å². The number of fused-ring (bicyclic) bond motifs is 1. The molecule has 0 aliphatic carbocycles. The number of benzene rings is 1. The highest BCUT2D eigenvalue weighted by Crippen LogP contribution is 2.22. The Labute approximate surface area is 92.9 Å². The topological polar surface area (TPSA) is 67.5 Å². The van der Waals surface area contributed by atoms with Crippen LogP contribution in [0.1, 0.15) is 10.4 Å². The third-order valence-electron chi connectivity index (χ3n) is 2.01. The van der Waals surface area contributed by atoms with E-state index in [1.54, 1.807) is 0 Å². The highest BCUT2D eigenvalue weighted by Gasteiger charge is 2.13. The van der Waals surface area contributed by atoms with E-state index in [4.69, 9.17) is 21.1 Å². The Kier molecular flexibility index (Phi) is 2.40. The van der Waals surface area contributed by atoms with E-state index in [1.165, 1.54) is 0 Å². The molecule has 1 N–H and O–H groups in total. The number of halogens is 2. The maximum Gasteiger partial charge on any atom is 0.351 e. The quantitative estimate of drug-likeness (QED) is 0.779. The number of hydrogen-bond donors (Lipinski definition) is 1. The maximum atomic E-state index is 13.1. The molecule has 0 amide bonds. The van der Waals surface area contributed by atoms with E-state index in [1.807, 2.05) is 0 Å². The molecule has 0 aliphatic heterocycles. The zero-order valence-corrected chi connectivity index (χ0v) is 8.42. The third kappa shape index (κ3) is 1.65. The van der Waals surface area contributed by atoms with Crippen molar-refractivity contribution in [2.45, 2.75) is 0 Å². The van der Waals surface area contributed by atoms with Crippen molar-refractivity contribution in [3.05, 3.63) is 45.0 Å². The Morgan fingerprint density at radius 1 is 1.38 bits per heavy atom. The highest BCUT2D eigenvalue weighted by atomic mass is 35.5. The van der Waals surface area contributed by atoms with Crippen LogP contribution in [0.5, 0.6) is 0 Å². The lowest BCUT2D eigenvalue weighted by atomic mass is 10.2. The predicted octanol–water partition coefficient (Wildman–Crippen LogP) is 2.28. The Balaban J connectivity index is 2.85. The fraction of sp³-hybridized carbons (Fsp3) is 0. The molecule has 16 heavy (non-hydrogen) atoms. The van der Waals surface area contributed by atoms with E-state index in [9.17, 15) is 14.0 Å².